The van der Waals surface area contributed by atoms with Crippen LogP contribution < -0.4 is 9.64 Å². The van der Waals surface area contributed by atoms with E-state index in [4.69, 9.17) is 4.74 Å². The first-order valence-corrected chi connectivity index (χ1v) is 5.17. The van der Waals surface area contributed by atoms with Crippen LogP contribution in [0, 0.1) is 13.8 Å². The van der Waals surface area contributed by atoms with Crippen LogP contribution in [0.1, 0.15) is 11.1 Å². The summed E-state index contributed by atoms with van der Waals surface area (Å²) in [7, 11) is 2.87. The maximum atomic E-state index is 12.4. The van der Waals surface area contributed by atoms with Crippen molar-refractivity contribution in [2.24, 2.45) is 0 Å². The molecule has 0 fully saturated rings. The Hall–Kier alpha value is -1.39. The summed E-state index contributed by atoms with van der Waals surface area (Å²) < 4.78 is 42.2. The minimum Gasteiger partial charge on any atom is -0.495 e. The van der Waals surface area contributed by atoms with E-state index in [1.807, 2.05) is 13.0 Å². The molecule has 17 heavy (non-hydrogen) atoms. The third kappa shape index (κ3) is 3.54. The Morgan fingerprint density at radius 3 is 2.29 bits per heavy atom. The van der Waals surface area contributed by atoms with Crippen LogP contribution >= 0.6 is 0 Å². The molecule has 0 amide bonds. The quantitative estimate of drug-likeness (QED) is 0.812. The summed E-state index contributed by atoms with van der Waals surface area (Å²) in [5.41, 5.74) is 2.22. The first-order valence-electron chi connectivity index (χ1n) is 5.17. The lowest BCUT2D eigenvalue weighted by molar-refractivity contribution is -0.119. The van der Waals surface area contributed by atoms with Gasteiger partial charge in [0.05, 0.1) is 12.8 Å². The number of benzene rings is 1. The first-order chi connectivity index (χ1) is 7.74. The highest BCUT2D eigenvalue weighted by atomic mass is 19.4. The monoisotopic (exact) mass is 247 g/mol. The Morgan fingerprint density at radius 2 is 1.82 bits per heavy atom. The zero-order valence-corrected chi connectivity index (χ0v) is 10.4. The van der Waals surface area contributed by atoms with Gasteiger partial charge in [0.15, 0.2) is 0 Å². The van der Waals surface area contributed by atoms with E-state index in [0.29, 0.717) is 11.4 Å². The molecule has 0 heterocycles. The van der Waals surface area contributed by atoms with Crippen molar-refractivity contribution in [1.82, 2.24) is 0 Å². The van der Waals surface area contributed by atoms with Gasteiger partial charge in [-0.15, -0.1) is 0 Å². The fourth-order valence-corrected chi connectivity index (χ4v) is 1.91. The van der Waals surface area contributed by atoms with Crippen LogP contribution in [0.25, 0.3) is 0 Å². The van der Waals surface area contributed by atoms with Crippen LogP contribution in [-0.2, 0) is 0 Å². The zero-order chi connectivity index (χ0) is 13.2. The van der Waals surface area contributed by atoms with Gasteiger partial charge < -0.3 is 9.64 Å². The van der Waals surface area contributed by atoms with Gasteiger partial charge in [0.25, 0.3) is 0 Å². The highest BCUT2D eigenvalue weighted by molar-refractivity contribution is 5.64. The molecule has 96 valence electrons. The summed E-state index contributed by atoms with van der Waals surface area (Å²) in [6.45, 7) is 2.66. The SMILES string of the molecule is COc1cc(C)cc(C)c1N(C)CC(F)(F)F. The lowest BCUT2D eigenvalue weighted by Gasteiger charge is -2.25. The highest BCUT2D eigenvalue weighted by Crippen LogP contribution is 2.34. The van der Waals surface area contributed by atoms with E-state index < -0.39 is 12.7 Å². The molecule has 0 unspecified atom stereocenters. The Kier molecular flexibility index (Phi) is 3.91. The molecule has 0 radical (unpaired) electrons. The summed E-state index contributed by atoms with van der Waals surface area (Å²) in [6, 6.07) is 3.57. The number of rotatable bonds is 3. The third-order valence-corrected chi connectivity index (χ3v) is 2.43. The molecule has 0 aliphatic heterocycles. The second-order valence-corrected chi connectivity index (χ2v) is 4.10. The van der Waals surface area contributed by atoms with Crippen LogP contribution in [0.15, 0.2) is 12.1 Å². The van der Waals surface area contributed by atoms with Crippen LogP contribution in [0.3, 0.4) is 0 Å². The number of hydrogen-bond acceptors (Lipinski definition) is 2. The van der Waals surface area contributed by atoms with Gasteiger partial charge in [-0.2, -0.15) is 13.2 Å². The molecule has 1 aromatic carbocycles. The van der Waals surface area contributed by atoms with Crippen LogP contribution in [0.4, 0.5) is 18.9 Å². The van der Waals surface area contributed by atoms with Gasteiger partial charge in [0.1, 0.15) is 12.3 Å². The maximum Gasteiger partial charge on any atom is 0.405 e. The lowest BCUT2D eigenvalue weighted by Crippen LogP contribution is -2.31. The number of ether oxygens (including phenoxy) is 1. The normalized spacial score (nSPS) is 11.5. The molecule has 1 aromatic rings. The highest BCUT2D eigenvalue weighted by Gasteiger charge is 2.30. The van der Waals surface area contributed by atoms with Crippen molar-refractivity contribution >= 4 is 5.69 Å². The van der Waals surface area contributed by atoms with E-state index >= 15 is 0 Å². The van der Waals surface area contributed by atoms with Crippen molar-refractivity contribution in [3.63, 3.8) is 0 Å². The summed E-state index contributed by atoms with van der Waals surface area (Å²) in [4.78, 5) is 1.16. The molecule has 0 aromatic heterocycles. The number of hydrogen-bond donors (Lipinski definition) is 0. The Bertz CT molecular complexity index is 401. The van der Waals surface area contributed by atoms with Gasteiger partial charge in [-0.05, 0) is 31.0 Å². The number of anilines is 1. The van der Waals surface area contributed by atoms with Crippen molar-refractivity contribution < 1.29 is 17.9 Å². The van der Waals surface area contributed by atoms with Crippen LogP contribution in [0.5, 0.6) is 5.75 Å². The lowest BCUT2D eigenvalue weighted by atomic mass is 10.1. The van der Waals surface area contributed by atoms with E-state index in [9.17, 15) is 13.2 Å². The minimum absolute atomic E-state index is 0.467. The summed E-state index contributed by atoms with van der Waals surface area (Å²) in [5, 5.41) is 0. The van der Waals surface area contributed by atoms with Crippen molar-refractivity contribution in [2.75, 3.05) is 25.6 Å². The van der Waals surface area contributed by atoms with E-state index in [0.717, 1.165) is 16.0 Å². The van der Waals surface area contributed by atoms with Gasteiger partial charge >= 0.3 is 6.18 Å². The molecular formula is C12H16F3NO. The van der Waals surface area contributed by atoms with Gasteiger partial charge in [0, 0.05) is 7.05 Å². The van der Waals surface area contributed by atoms with Gasteiger partial charge in [-0.25, -0.2) is 0 Å². The Morgan fingerprint density at radius 1 is 1.24 bits per heavy atom. The average Bonchev–Trinajstić information content (AvgIpc) is 2.12. The van der Waals surface area contributed by atoms with Gasteiger partial charge in [-0.3, -0.25) is 0 Å². The second-order valence-electron chi connectivity index (χ2n) is 4.10. The standard InChI is InChI=1S/C12H16F3NO/c1-8-5-9(2)11(10(6-8)17-4)16(3)7-12(13,14)15/h5-6H,7H2,1-4H3. The topological polar surface area (TPSA) is 12.5 Å². The third-order valence-electron chi connectivity index (χ3n) is 2.43. The van der Waals surface area contributed by atoms with Crippen LogP contribution in [0.2, 0.25) is 0 Å². The molecule has 0 N–H and O–H groups in total. The Labute approximate surface area is 99.0 Å². The molecule has 2 nitrogen and oxygen atoms in total. The van der Waals surface area contributed by atoms with E-state index in [1.165, 1.54) is 14.2 Å². The van der Waals surface area contributed by atoms with Gasteiger partial charge in [-0.1, -0.05) is 6.07 Å². The summed E-state index contributed by atoms with van der Waals surface area (Å²) in [6.07, 6.45) is -4.23. The van der Waals surface area contributed by atoms with Crippen molar-refractivity contribution in [2.45, 2.75) is 20.0 Å². The predicted octanol–water partition coefficient (Wildman–Crippen LogP) is 3.31. The summed E-state index contributed by atoms with van der Waals surface area (Å²) >= 11 is 0. The van der Waals surface area contributed by atoms with Gasteiger partial charge in [0.2, 0.25) is 0 Å². The van der Waals surface area contributed by atoms with E-state index in [1.54, 1.807) is 13.0 Å². The van der Waals surface area contributed by atoms with E-state index in [-0.39, 0.29) is 0 Å². The smallest absolute Gasteiger partial charge is 0.405 e. The number of aryl methyl sites for hydroxylation is 2. The fourth-order valence-electron chi connectivity index (χ4n) is 1.91. The molecule has 0 atom stereocenters. The van der Waals surface area contributed by atoms with Crippen molar-refractivity contribution in [1.29, 1.82) is 0 Å². The molecule has 0 aliphatic carbocycles. The fraction of sp³-hybridized carbons (Fsp3) is 0.500. The molecule has 5 heteroatoms. The van der Waals surface area contributed by atoms with Crippen LogP contribution in [-0.4, -0.2) is 26.9 Å². The number of nitrogens with zero attached hydrogens (tertiary/aromatic N) is 1. The summed E-state index contributed by atoms with van der Waals surface area (Å²) in [5.74, 6) is 0.467. The molecular weight excluding hydrogens is 231 g/mol. The molecule has 1 rings (SSSR count). The molecule has 0 spiro atoms. The first kappa shape index (κ1) is 13.7. The van der Waals surface area contributed by atoms with E-state index in [2.05, 4.69) is 0 Å². The largest absolute Gasteiger partial charge is 0.495 e. The zero-order valence-electron chi connectivity index (χ0n) is 10.4. The molecule has 0 bridgehead atoms. The minimum atomic E-state index is -4.23. The second kappa shape index (κ2) is 4.85. The predicted molar refractivity (Wildman–Crippen MR) is 61.8 cm³/mol. The van der Waals surface area contributed by atoms with Crippen molar-refractivity contribution in [3.05, 3.63) is 23.3 Å². The van der Waals surface area contributed by atoms with Crippen molar-refractivity contribution in [3.8, 4) is 5.75 Å². The number of halogens is 3. The molecule has 0 aliphatic rings. The molecule has 0 saturated carbocycles. The Balaban J connectivity index is 3.12. The number of methoxy groups -OCH3 is 1. The molecule has 0 saturated heterocycles. The maximum absolute atomic E-state index is 12.4. The average molecular weight is 247 g/mol. The number of alkyl halides is 3.